The van der Waals surface area contributed by atoms with Crippen molar-refractivity contribution in [3.05, 3.63) is 23.8 Å². The molecule has 6 atom stereocenters. The molecule has 3 fully saturated rings. The minimum atomic E-state index is -0.1000. The summed E-state index contributed by atoms with van der Waals surface area (Å²) in [5.74, 6) is 0.754. The smallest absolute Gasteiger partial charge is 0.158 e. The van der Waals surface area contributed by atoms with Gasteiger partial charge in [-0.3, -0.25) is 4.79 Å². The van der Waals surface area contributed by atoms with Crippen LogP contribution in [0.4, 0.5) is 0 Å². The van der Waals surface area contributed by atoms with E-state index >= 15 is 0 Å². The molecule has 174 valence electrons. The predicted molar refractivity (Wildman–Crippen MR) is 120 cm³/mol. The molecule has 2 saturated heterocycles. The summed E-state index contributed by atoms with van der Waals surface area (Å²) in [6.45, 7) is 3.82. The first-order valence-corrected chi connectivity index (χ1v) is 12.7. The van der Waals surface area contributed by atoms with Crippen molar-refractivity contribution in [2.75, 3.05) is 13.2 Å². The number of hydrogen-bond acceptors (Lipinski definition) is 5. The average molecular weight is 433 g/mol. The highest BCUT2D eigenvalue weighted by Crippen LogP contribution is 2.45. The third kappa shape index (κ3) is 6.50. The molecule has 0 aromatic carbocycles. The molecule has 31 heavy (non-hydrogen) atoms. The van der Waals surface area contributed by atoms with E-state index in [0.29, 0.717) is 6.42 Å². The molecule has 4 aliphatic rings. The monoisotopic (exact) mass is 432 g/mol. The Bertz CT molecular complexity index is 630. The summed E-state index contributed by atoms with van der Waals surface area (Å²) in [7, 11) is 0. The fraction of sp³-hybridized carbons (Fsp3) is 0.808. The number of ether oxygens (including phenoxy) is 4. The molecule has 0 aromatic heterocycles. The van der Waals surface area contributed by atoms with E-state index < -0.39 is 0 Å². The highest BCUT2D eigenvalue weighted by molar-refractivity contribution is 5.93. The van der Waals surface area contributed by atoms with Crippen molar-refractivity contribution in [1.29, 1.82) is 0 Å². The summed E-state index contributed by atoms with van der Waals surface area (Å²) in [4.78, 5) is 12.1. The standard InChI is InChI=1S/C26H40O5/c1-2-3-4-9-21(30-25-10-5-7-14-28-25)12-13-22-23-18-20(27)16-19(23)17-24(22)31-26-11-6-8-15-29-26/h12-13,16,21-26H,2-11,14-15,17-18H2,1H3/t21-,22+,23+,24+,25?,26?/m0/s1. The van der Waals surface area contributed by atoms with Crippen LogP contribution in [0.2, 0.25) is 0 Å². The summed E-state index contributed by atoms with van der Waals surface area (Å²) in [5.41, 5.74) is 1.26. The van der Waals surface area contributed by atoms with Gasteiger partial charge < -0.3 is 18.9 Å². The number of carbonyl (C=O) groups excluding carboxylic acids is 1. The second kappa shape index (κ2) is 11.7. The number of ketones is 1. The maximum atomic E-state index is 12.1. The Morgan fingerprint density at radius 1 is 1.06 bits per heavy atom. The first kappa shape index (κ1) is 23.2. The Morgan fingerprint density at radius 2 is 1.84 bits per heavy atom. The third-order valence-electron chi connectivity index (χ3n) is 7.14. The van der Waals surface area contributed by atoms with Crippen LogP contribution in [-0.4, -0.2) is 43.8 Å². The first-order valence-electron chi connectivity index (χ1n) is 12.7. The van der Waals surface area contributed by atoms with Crippen molar-refractivity contribution >= 4 is 5.78 Å². The molecular formula is C26H40O5. The van der Waals surface area contributed by atoms with Crippen LogP contribution in [0.5, 0.6) is 0 Å². The zero-order chi connectivity index (χ0) is 21.5. The third-order valence-corrected chi connectivity index (χ3v) is 7.14. The SMILES string of the molecule is CCCCC[C@@H](C=C[C@@H]1[C@@H]2CC(=O)C=C2C[C@H]1OC1CCCCO1)OC1CCCCO1. The fourth-order valence-electron chi connectivity index (χ4n) is 5.42. The van der Waals surface area contributed by atoms with E-state index in [2.05, 4.69) is 19.1 Å². The number of allylic oxidation sites excluding steroid dienone is 1. The Kier molecular flexibility index (Phi) is 8.77. The molecule has 0 amide bonds. The normalized spacial score (nSPS) is 34.8. The van der Waals surface area contributed by atoms with Gasteiger partial charge in [0.25, 0.3) is 0 Å². The minimum Gasteiger partial charge on any atom is -0.353 e. The van der Waals surface area contributed by atoms with E-state index in [9.17, 15) is 4.79 Å². The van der Waals surface area contributed by atoms with Crippen LogP contribution >= 0.6 is 0 Å². The van der Waals surface area contributed by atoms with E-state index in [4.69, 9.17) is 18.9 Å². The number of fused-ring (bicyclic) bond motifs is 1. The van der Waals surface area contributed by atoms with E-state index in [1.165, 1.54) is 24.8 Å². The number of rotatable bonds is 10. The van der Waals surface area contributed by atoms with E-state index in [1.54, 1.807) is 0 Å². The van der Waals surface area contributed by atoms with Crippen LogP contribution in [0.25, 0.3) is 0 Å². The lowest BCUT2D eigenvalue weighted by Gasteiger charge is -2.29. The molecule has 0 bridgehead atoms. The molecule has 0 N–H and O–H groups in total. The van der Waals surface area contributed by atoms with Crippen LogP contribution in [-0.2, 0) is 23.7 Å². The summed E-state index contributed by atoms with van der Waals surface area (Å²) >= 11 is 0. The quantitative estimate of drug-likeness (QED) is 0.338. The number of unbranched alkanes of at least 4 members (excludes halogenated alkanes) is 2. The molecule has 2 aliphatic carbocycles. The van der Waals surface area contributed by atoms with Gasteiger partial charge >= 0.3 is 0 Å². The van der Waals surface area contributed by atoms with E-state index in [-0.39, 0.29) is 42.4 Å². The minimum absolute atomic E-state index is 0.0614. The highest BCUT2D eigenvalue weighted by atomic mass is 16.7. The fourth-order valence-corrected chi connectivity index (χ4v) is 5.42. The van der Waals surface area contributed by atoms with Gasteiger partial charge in [0, 0.05) is 25.6 Å². The summed E-state index contributed by atoms with van der Waals surface area (Å²) in [5, 5.41) is 0. The number of carbonyl (C=O) groups is 1. The average Bonchev–Trinajstić information content (AvgIpc) is 3.29. The second-order valence-corrected chi connectivity index (χ2v) is 9.60. The lowest BCUT2D eigenvalue weighted by molar-refractivity contribution is -0.192. The van der Waals surface area contributed by atoms with Crippen LogP contribution in [0.15, 0.2) is 23.8 Å². The molecule has 0 aromatic rings. The summed E-state index contributed by atoms with van der Waals surface area (Å²) in [6, 6.07) is 0. The van der Waals surface area contributed by atoms with Crippen molar-refractivity contribution < 1.29 is 23.7 Å². The van der Waals surface area contributed by atoms with Gasteiger partial charge in [-0.1, -0.05) is 43.9 Å². The van der Waals surface area contributed by atoms with Crippen molar-refractivity contribution in [3.8, 4) is 0 Å². The van der Waals surface area contributed by atoms with Crippen molar-refractivity contribution in [2.45, 2.75) is 109 Å². The molecule has 1 saturated carbocycles. The Balaban J connectivity index is 1.42. The van der Waals surface area contributed by atoms with Crippen LogP contribution in [0.1, 0.15) is 84.0 Å². The van der Waals surface area contributed by atoms with Gasteiger partial charge in [0.2, 0.25) is 0 Å². The number of hydrogen-bond donors (Lipinski definition) is 0. The molecule has 0 radical (unpaired) electrons. The van der Waals surface area contributed by atoms with Gasteiger partial charge in [-0.05, 0) is 63.4 Å². The summed E-state index contributed by atoms with van der Waals surface area (Å²) < 4.78 is 24.5. The molecule has 4 rings (SSSR count). The highest BCUT2D eigenvalue weighted by Gasteiger charge is 2.43. The first-order chi connectivity index (χ1) is 15.2. The predicted octanol–water partition coefficient (Wildman–Crippen LogP) is 5.48. The van der Waals surface area contributed by atoms with Gasteiger partial charge in [0.1, 0.15) is 0 Å². The van der Waals surface area contributed by atoms with Crippen LogP contribution in [0.3, 0.4) is 0 Å². The molecular weight excluding hydrogens is 392 g/mol. The van der Waals surface area contributed by atoms with Crippen molar-refractivity contribution in [2.24, 2.45) is 11.8 Å². The molecule has 0 spiro atoms. The zero-order valence-electron chi connectivity index (χ0n) is 19.1. The van der Waals surface area contributed by atoms with Gasteiger partial charge in [-0.25, -0.2) is 0 Å². The maximum Gasteiger partial charge on any atom is 0.158 e. The molecule has 2 heterocycles. The second-order valence-electron chi connectivity index (χ2n) is 9.60. The maximum absolute atomic E-state index is 12.1. The van der Waals surface area contributed by atoms with Crippen molar-refractivity contribution in [3.63, 3.8) is 0 Å². The molecule has 5 heteroatoms. The van der Waals surface area contributed by atoms with Crippen LogP contribution < -0.4 is 0 Å². The molecule has 2 aliphatic heterocycles. The van der Waals surface area contributed by atoms with Gasteiger partial charge in [-0.2, -0.15) is 0 Å². The lowest BCUT2D eigenvalue weighted by Crippen LogP contribution is -2.31. The van der Waals surface area contributed by atoms with Crippen molar-refractivity contribution in [1.82, 2.24) is 0 Å². The van der Waals surface area contributed by atoms with E-state index in [0.717, 1.165) is 64.6 Å². The molecule has 2 unspecified atom stereocenters. The zero-order valence-corrected chi connectivity index (χ0v) is 19.1. The largest absolute Gasteiger partial charge is 0.353 e. The Hall–Kier alpha value is -1.01. The van der Waals surface area contributed by atoms with Gasteiger partial charge in [0.05, 0.1) is 12.2 Å². The summed E-state index contributed by atoms with van der Waals surface area (Å²) in [6.07, 6.45) is 19.0. The van der Waals surface area contributed by atoms with Gasteiger partial charge in [0.15, 0.2) is 18.4 Å². The Morgan fingerprint density at radius 3 is 2.55 bits per heavy atom. The topological polar surface area (TPSA) is 54.0 Å². The Labute approximate surface area is 187 Å². The van der Waals surface area contributed by atoms with Gasteiger partial charge in [-0.15, -0.1) is 0 Å². The van der Waals surface area contributed by atoms with Crippen LogP contribution in [0, 0.1) is 11.8 Å². The van der Waals surface area contributed by atoms with E-state index in [1.807, 2.05) is 6.08 Å². The molecule has 5 nitrogen and oxygen atoms in total. The lowest BCUT2D eigenvalue weighted by atomic mass is 9.91.